The molecule has 2 heterocycles. The van der Waals surface area contributed by atoms with E-state index < -0.39 is 23.7 Å². The molecule has 43 heavy (non-hydrogen) atoms. The molecule has 2 aliphatic rings. The normalized spacial score (nSPS) is 17.6. The van der Waals surface area contributed by atoms with Crippen LogP contribution < -0.4 is 31.0 Å². The second-order valence-electron chi connectivity index (χ2n) is 10.3. The maximum Gasteiger partial charge on any atom is 0.337 e. The number of carboxylic acid groups (broad SMARTS) is 1. The molecule has 3 aromatic rings. The van der Waals surface area contributed by atoms with Gasteiger partial charge in [-0.15, -0.1) is 0 Å². The fourth-order valence-electron chi connectivity index (χ4n) is 5.02. The Labute approximate surface area is 247 Å². The van der Waals surface area contributed by atoms with Crippen molar-refractivity contribution in [3.8, 4) is 11.5 Å². The third kappa shape index (κ3) is 6.36. The molecular formula is C30H32FN7O5. The van der Waals surface area contributed by atoms with E-state index in [0.29, 0.717) is 23.5 Å². The Bertz CT molecular complexity index is 1580. The molecule has 2 aliphatic heterocycles. The first-order valence-electron chi connectivity index (χ1n) is 13.5. The zero-order chi connectivity index (χ0) is 30.7. The molecule has 3 aromatic carbocycles. The smallest absolute Gasteiger partial charge is 0.337 e. The highest BCUT2D eigenvalue weighted by Gasteiger charge is 2.33. The summed E-state index contributed by atoms with van der Waals surface area (Å²) in [5, 5.41) is 21.8. The van der Waals surface area contributed by atoms with Crippen molar-refractivity contribution in [1.29, 1.82) is 5.41 Å². The molecule has 224 valence electrons. The standard InChI is InChI=1S/C30H32FN7O5/c1-37-12-11-19(16-37)43-24-14-20(42-2)13-22(26(24)31)27(35-18-9-7-17(8-10-18)28(32)33)29-34-15-25(39)38(36-29)23-6-4-3-5-21(23)30(40)41/h3-10,13-14,19,27,35H,11-12,15-16H2,1-2H3,(H3,32,33)(H,34,36)(H,40,41). The van der Waals surface area contributed by atoms with Gasteiger partial charge in [0.05, 0.1) is 18.4 Å². The number of para-hydroxylation sites is 1. The molecule has 2 unspecified atom stereocenters. The first kappa shape index (κ1) is 29.3. The number of halogens is 1. The number of likely N-dealkylation sites (N-methyl/N-ethyl adjacent to an activating group) is 1. The van der Waals surface area contributed by atoms with Crippen molar-refractivity contribution < 1.29 is 28.6 Å². The number of nitrogens with one attached hydrogen (secondary N) is 3. The van der Waals surface area contributed by atoms with E-state index in [9.17, 15) is 14.7 Å². The maximum atomic E-state index is 16.4. The van der Waals surface area contributed by atoms with Gasteiger partial charge in [-0.1, -0.05) is 12.1 Å². The van der Waals surface area contributed by atoms with E-state index in [0.717, 1.165) is 18.0 Å². The topological polar surface area (TPSA) is 166 Å². The third-order valence-corrected chi connectivity index (χ3v) is 7.25. The number of amides is 1. The van der Waals surface area contributed by atoms with Gasteiger partial charge in [0.2, 0.25) is 0 Å². The third-order valence-electron chi connectivity index (χ3n) is 7.25. The highest BCUT2D eigenvalue weighted by molar-refractivity contribution is 6.08. The van der Waals surface area contributed by atoms with E-state index in [1.807, 2.05) is 7.05 Å². The minimum absolute atomic E-state index is 0.00828. The summed E-state index contributed by atoms with van der Waals surface area (Å²) in [5.41, 5.74) is 9.70. The number of hydrazine groups is 1. The predicted molar refractivity (Wildman–Crippen MR) is 160 cm³/mol. The van der Waals surface area contributed by atoms with Gasteiger partial charge in [0.15, 0.2) is 11.6 Å². The van der Waals surface area contributed by atoms with Crippen molar-refractivity contribution in [2.75, 3.05) is 44.1 Å². The summed E-state index contributed by atoms with van der Waals surface area (Å²) in [6.45, 7) is 1.15. The number of nitrogen functional groups attached to an aromatic ring is 1. The number of methoxy groups -OCH3 is 1. The number of anilines is 2. The molecule has 0 radical (unpaired) electrons. The molecule has 6 N–H and O–H groups in total. The Kier molecular flexibility index (Phi) is 8.44. The molecule has 0 saturated carbocycles. The van der Waals surface area contributed by atoms with Crippen LogP contribution in [0, 0.1) is 11.2 Å². The lowest BCUT2D eigenvalue weighted by Gasteiger charge is -2.33. The summed E-state index contributed by atoms with van der Waals surface area (Å²) < 4.78 is 28.0. The van der Waals surface area contributed by atoms with Gasteiger partial charge < -0.3 is 30.5 Å². The van der Waals surface area contributed by atoms with Crippen LogP contribution in [0.3, 0.4) is 0 Å². The molecular weight excluding hydrogens is 557 g/mol. The molecule has 1 fully saturated rings. The van der Waals surface area contributed by atoms with Crippen LogP contribution in [0.25, 0.3) is 0 Å². The van der Waals surface area contributed by atoms with Crippen LogP contribution in [0.15, 0.2) is 65.7 Å². The summed E-state index contributed by atoms with van der Waals surface area (Å²) >= 11 is 0. The van der Waals surface area contributed by atoms with Crippen molar-refractivity contribution in [2.24, 2.45) is 10.7 Å². The first-order chi connectivity index (χ1) is 20.6. The highest BCUT2D eigenvalue weighted by Crippen LogP contribution is 2.35. The number of ether oxygens (including phenoxy) is 2. The van der Waals surface area contributed by atoms with Crippen LogP contribution in [0.4, 0.5) is 15.8 Å². The molecule has 0 aromatic heterocycles. The minimum Gasteiger partial charge on any atom is -0.497 e. The quantitative estimate of drug-likeness (QED) is 0.177. The average molecular weight is 590 g/mol. The van der Waals surface area contributed by atoms with Crippen molar-refractivity contribution >= 4 is 34.9 Å². The number of benzene rings is 3. The van der Waals surface area contributed by atoms with E-state index in [1.165, 1.54) is 31.4 Å². The van der Waals surface area contributed by atoms with Crippen LogP contribution in [-0.2, 0) is 4.79 Å². The molecule has 0 aliphatic carbocycles. The zero-order valence-electron chi connectivity index (χ0n) is 23.6. The summed E-state index contributed by atoms with van der Waals surface area (Å²) in [7, 11) is 3.43. The number of carboxylic acids is 1. The minimum atomic E-state index is -1.22. The van der Waals surface area contributed by atoms with Gasteiger partial charge in [-0.2, -0.15) is 0 Å². The van der Waals surface area contributed by atoms with Crippen LogP contribution in [-0.4, -0.2) is 73.4 Å². The molecule has 0 bridgehead atoms. The Hall–Kier alpha value is -5.17. The number of likely N-dealkylation sites (tertiary alicyclic amines) is 1. The van der Waals surface area contributed by atoms with Crippen molar-refractivity contribution in [2.45, 2.75) is 18.6 Å². The fraction of sp³-hybridized carbons (Fsp3) is 0.267. The van der Waals surface area contributed by atoms with E-state index >= 15 is 4.39 Å². The maximum absolute atomic E-state index is 16.4. The fourth-order valence-corrected chi connectivity index (χ4v) is 5.02. The molecule has 2 atom stereocenters. The van der Waals surface area contributed by atoms with Gasteiger partial charge in [-0.05, 0) is 55.9 Å². The summed E-state index contributed by atoms with van der Waals surface area (Å²) in [5.74, 6) is -1.96. The van der Waals surface area contributed by atoms with Gasteiger partial charge in [-0.3, -0.25) is 20.6 Å². The molecule has 5 rings (SSSR count). The number of amidine groups is 2. The van der Waals surface area contributed by atoms with E-state index in [-0.39, 0.29) is 46.9 Å². The number of hydrogen-bond acceptors (Lipinski definition) is 9. The van der Waals surface area contributed by atoms with E-state index in [2.05, 4.69) is 20.6 Å². The highest BCUT2D eigenvalue weighted by atomic mass is 19.1. The lowest BCUT2D eigenvalue weighted by Crippen LogP contribution is -2.54. The van der Waals surface area contributed by atoms with Crippen LogP contribution in [0.2, 0.25) is 0 Å². The average Bonchev–Trinajstić information content (AvgIpc) is 3.41. The number of hydrogen-bond donors (Lipinski definition) is 5. The summed E-state index contributed by atoms with van der Waals surface area (Å²) in [4.78, 5) is 31.4. The predicted octanol–water partition coefficient (Wildman–Crippen LogP) is 3.00. The molecule has 13 heteroatoms. The van der Waals surface area contributed by atoms with Gasteiger partial charge >= 0.3 is 5.97 Å². The first-order valence-corrected chi connectivity index (χ1v) is 13.5. The summed E-state index contributed by atoms with van der Waals surface area (Å²) in [6.07, 6.45) is 0.525. The van der Waals surface area contributed by atoms with Crippen LogP contribution in [0.5, 0.6) is 11.5 Å². The number of nitrogens with two attached hydrogens (primary N) is 1. The Morgan fingerprint density at radius 3 is 2.63 bits per heavy atom. The number of nitrogens with zero attached hydrogens (tertiary/aromatic N) is 3. The Balaban J connectivity index is 1.57. The van der Waals surface area contributed by atoms with Crippen molar-refractivity contribution in [1.82, 2.24) is 10.3 Å². The lowest BCUT2D eigenvalue weighted by atomic mass is 10.0. The van der Waals surface area contributed by atoms with Gasteiger partial charge in [-0.25, -0.2) is 14.2 Å². The van der Waals surface area contributed by atoms with E-state index in [4.69, 9.17) is 20.6 Å². The summed E-state index contributed by atoms with van der Waals surface area (Å²) in [6, 6.07) is 14.7. The SMILES string of the molecule is COc1cc(OC2CCN(C)C2)c(F)c(C(Nc2ccc(C(=N)N)cc2)C2=NCC(=O)N(c3ccccc3C(=O)O)N2)c1. The van der Waals surface area contributed by atoms with Crippen LogP contribution in [0.1, 0.15) is 33.9 Å². The number of aromatic carboxylic acids is 1. The number of aliphatic imine (C=N–C) groups is 1. The monoisotopic (exact) mass is 589 g/mol. The molecule has 1 saturated heterocycles. The Morgan fingerprint density at radius 1 is 1.23 bits per heavy atom. The van der Waals surface area contributed by atoms with Gasteiger partial charge in [0.1, 0.15) is 36.1 Å². The number of carbonyl (C=O) groups excluding carboxylic acids is 1. The zero-order valence-corrected chi connectivity index (χ0v) is 23.6. The molecule has 12 nitrogen and oxygen atoms in total. The number of carbonyl (C=O) groups is 2. The largest absolute Gasteiger partial charge is 0.497 e. The Morgan fingerprint density at radius 2 is 1.98 bits per heavy atom. The number of rotatable bonds is 10. The van der Waals surface area contributed by atoms with Crippen molar-refractivity contribution in [3.63, 3.8) is 0 Å². The molecule has 0 spiro atoms. The van der Waals surface area contributed by atoms with Crippen molar-refractivity contribution in [3.05, 3.63) is 83.2 Å². The molecule has 1 amide bonds. The second kappa shape index (κ2) is 12.4. The second-order valence-corrected chi connectivity index (χ2v) is 10.3. The van der Waals surface area contributed by atoms with Gasteiger partial charge in [0.25, 0.3) is 5.91 Å². The lowest BCUT2D eigenvalue weighted by molar-refractivity contribution is -0.118. The van der Waals surface area contributed by atoms with Gasteiger partial charge in [0, 0.05) is 36.0 Å². The van der Waals surface area contributed by atoms with E-state index in [1.54, 1.807) is 36.4 Å². The van der Waals surface area contributed by atoms with Crippen LogP contribution >= 0.6 is 0 Å².